The molecule has 1 N–H and O–H groups in total. The highest BCUT2D eigenvalue weighted by atomic mass is 16.5. The molecule has 1 atom stereocenters. The summed E-state index contributed by atoms with van der Waals surface area (Å²) in [6.45, 7) is 6.93. The third-order valence-corrected chi connectivity index (χ3v) is 5.17. The SMILES string of the molecule is Cc1cccc(OCC2(O)CCN(C(=O)Cc3c(C)nn(C)c3C)C2)c1. The van der Waals surface area contributed by atoms with Gasteiger partial charge in [-0.3, -0.25) is 9.48 Å². The molecule has 6 nitrogen and oxygen atoms in total. The van der Waals surface area contributed by atoms with Crippen LogP contribution in [0, 0.1) is 20.8 Å². The maximum absolute atomic E-state index is 12.7. The minimum Gasteiger partial charge on any atom is -0.491 e. The van der Waals surface area contributed by atoms with E-state index in [0.717, 1.165) is 28.3 Å². The van der Waals surface area contributed by atoms with Gasteiger partial charge in [0.2, 0.25) is 5.91 Å². The van der Waals surface area contributed by atoms with Gasteiger partial charge in [0.25, 0.3) is 0 Å². The molecule has 26 heavy (non-hydrogen) atoms. The van der Waals surface area contributed by atoms with Crippen molar-refractivity contribution in [2.45, 2.75) is 39.2 Å². The van der Waals surface area contributed by atoms with Crippen molar-refractivity contribution in [1.29, 1.82) is 0 Å². The van der Waals surface area contributed by atoms with Crippen molar-refractivity contribution in [3.63, 3.8) is 0 Å². The largest absolute Gasteiger partial charge is 0.491 e. The van der Waals surface area contributed by atoms with Gasteiger partial charge in [0.1, 0.15) is 18.0 Å². The number of β-amino-alcohol motifs (C(OH)–C–C–N with tert-alkyl or cyclic N) is 1. The normalized spacial score (nSPS) is 19.8. The highest BCUT2D eigenvalue weighted by molar-refractivity contribution is 5.79. The van der Waals surface area contributed by atoms with Crippen molar-refractivity contribution in [3.05, 3.63) is 46.8 Å². The number of nitrogens with zero attached hydrogens (tertiary/aromatic N) is 3. The lowest BCUT2D eigenvalue weighted by molar-refractivity contribution is -0.130. The first-order valence-electron chi connectivity index (χ1n) is 8.96. The van der Waals surface area contributed by atoms with Gasteiger partial charge in [-0.25, -0.2) is 0 Å². The molecule has 1 fully saturated rings. The number of benzene rings is 1. The van der Waals surface area contributed by atoms with Crippen molar-refractivity contribution in [3.8, 4) is 5.75 Å². The minimum atomic E-state index is -1.00. The molecule has 0 radical (unpaired) electrons. The van der Waals surface area contributed by atoms with Crippen LogP contribution in [0.5, 0.6) is 5.75 Å². The van der Waals surface area contributed by atoms with Gasteiger partial charge in [-0.1, -0.05) is 12.1 Å². The number of aryl methyl sites for hydroxylation is 3. The molecule has 1 saturated heterocycles. The third-order valence-electron chi connectivity index (χ3n) is 5.17. The van der Waals surface area contributed by atoms with E-state index in [2.05, 4.69) is 5.10 Å². The van der Waals surface area contributed by atoms with Crippen LogP contribution in [-0.4, -0.2) is 51.0 Å². The van der Waals surface area contributed by atoms with E-state index in [1.807, 2.05) is 52.1 Å². The molecule has 0 bridgehead atoms. The van der Waals surface area contributed by atoms with Crippen LogP contribution in [0.25, 0.3) is 0 Å². The summed E-state index contributed by atoms with van der Waals surface area (Å²) >= 11 is 0. The summed E-state index contributed by atoms with van der Waals surface area (Å²) in [5, 5.41) is 15.2. The van der Waals surface area contributed by atoms with E-state index in [0.29, 0.717) is 25.9 Å². The highest BCUT2D eigenvalue weighted by Gasteiger charge is 2.39. The Kier molecular flexibility index (Phi) is 5.05. The Morgan fingerprint density at radius 1 is 1.35 bits per heavy atom. The van der Waals surface area contributed by atoms with Crippen LogP contribution in [0.1, 0.15) is 28.9 Å². The molecule has 1 aromatic heterocycles. The van der Waals surface area contributed by atoms with Crippen LogP contribution < -0.4 is 4.74 Å². The van der Waals surface area contributed by atoms with E-state index in [9.17, 15) is 9.90 Å². The first kappa shape index (κ1) is 18.5. The zero-order valence-corrected chi connectivity index (χ0v) is 16.0. The molecule has 1 amide bonds. The molecule has 2 heterocycles. The fraction of sp³-hybridized carbons (Fsp3) is 0.500. The predicted molar refractivity (Wildman–Crippen MR) is 99.2 cm³/mol. The van der Waals surface area contributed by atoms with E-state index in [1.165, 1.54) is 0 Å². The Hall–Kier alpha value is -2.34. The Bertz CT molecular complexity index is 815. The van der Waals surface area contributed by atoms with Gasteiger partial charge in [0, 0.05) is 24.8 Å². The average Bonchev–Trinajstić information content (AvgIpc) is 3.09. The van der Waals surface area contributed by atoms with Gasteiger partial charge in [-0.2, -0.15) is 5.10 Å². The molecule has 1 aliphatic heterocycles. The first-order chi connectivity index (χ1) is 12.3. The standard InChI is InChI=1S/C20H27N3O3/c1-14-6-5-7-17(10-14)26-13-20(25)8-9-23(12-20)19(24)11-18-15(2)21-22(4)16(18)3/h5-7,10,25H,8-9,11-13H2,1-4H3. The maximum Gasteiger partial charge on any atom is 0.227 e. The summed E-state index contributed by atoms with van der Waals surface area (Å²) in [6.07, 6.45) is 0.843. The van der Waals surface area contributed by atoms with Crippen LogP contribution in [0.2, 0.25) is 0 Å². The van der Waals surface area contributed by atoms with Crippen LogP contribution in [0.15, 0.2) is 24.3 Å². The molecule has 6 heteroatoms. The lowest BCUT2D eigenvalue weighted by Gasteiger charge is -2.24. The van der Waals surface area contributed by atoms with Crippen LogP contribution in [-0.2, 0) is 18.3 Å². The Labute approximate surface area is 154 Å². The van der Waals surface area contributed by atoms with Gasteiger partial charge >= 0.3 is 0 Å². The molecule has 140 valence electrons. The second kappa shape index (κ2) is 7.11. The molecule has 0 saturated carbocycles. The highest BCUT2D eigenvalue weighted by Crippen LogP contribution is 2.25. The second-order valence-electron chi connectivity index (χ2n) is 7.34. The quantitative estimate of drug-likeness (QED) is 0.888. The molecular weight excluding hydrogens is 330 g/mol. The summed E-state index contributed by atoms with van der Waals surface area (Å²) in [5.41, 5.74) is 2.98. The summed E-state index contributed by atoms with van der Waals surface area (Å²) in [7, 11) is 1.88. The number of likely N-dealkylation sites (tertiary alicyclic amines) is 1. The zero-order chi connectivity index (χ0) is 18.9. The number of amides is 1. The summed E-state index contributed by atoms with van der Waals surface area (Å²) in [5.74, 6) is 0.764. The molecular formula is C20H27N3O3. The van der Waals surface area contributed by atoms with Crippen LogP contribution in [0.4, 0.5) is 0 Å². The Morgan fingerprint density at radius 2 is 2.12 bits per heavy atom. The smallest absolute Gasteiger partial charge is 0.227 e. The number of hydrogen-bond acceptors (Lipinski definition) is 4. The number of rotatable bonds is 5. The Morgan fingerprint density at radius 3 is 2.77 bits per heavy atom. The molecule has 1 unspecified atom stereocenters. The Balaban J connectivity index is 1.59. The van der Waals surface area contributed by atoms with E-state index >= 15 is 0 Å². The second-order valence-corrected chi connectivity index (χ2v) is 7.34. The van der Waals surface area contributed by atoms with E-state index in [4.69, 9.17) is 4.74 Å². The first-order valence-corrected chi connectivity index (χ1v) is 8.96. The maximum atomic E-state index is 12.7. The fourth-order valence-corrected chi connectivity index (χ4v) is 3.45. The van der Waals surface area contributed by atoms with E-state index < -0.39 is 5.60 Å². The summed E-state index contributed by atoms with van der Waals surface area (Å²) in [4.78, 5) is 14.4. The number of carbonyl (C=O) groups excluding carboxylic acids is 1. The van der Waals surface area contributed by atoms with Crippen LogP contribution in [0.3, 0.4) is 0 Å². The topological polar surface area (TPSA) is 67.6 Å². The monoisotopic (exact) mass is 357 g/mol. The van der Waals surface area contributed by atoms with Crippen molar-refractivity contribution in [1.82, 2.24) is 14.7 Å². The van der Waals surface area contributed by atoms with E-state index in [-0.39, 0.29) is 12.5 Å². The molecule has 3 rings (SSSR count). The number of aliphatic hydroxyl groups is 1. The summed E-state index contributed by atoms with van der Waals surface area (Å²) < 4.78 is 7.56. The van der Waals surface area contributed by atoms with Gasteiger partial charge in [-0.05, 0) is 44.9 Å². The third kappa shape index (κ3) is 3.90. The van der Waals surface area contributed by atoms with Crippen molar-refractivity contribution in [2.75, 3.05) is 19.7 Å². The van der Waals surface area contributed by atoms with Crippen molar-refractivity contribution >= 4 is 5.91 Å². The predicted octanol–water partition coefficient (Wildman–Crippen LogP) is 1.93. The lowest BCUT2D eigenvalue weighted by atomic mass is 10.1. The van der Waals surface area contributed by atoms with Crippen molar-refractivity contribution in [2.24, 2.45) is 7.05 Å². The molecule has 2 aromatic rings. The number of hydrogen-bond donors (Lipinski definition) is 1. The van der Waals surface area contributed by atoms with Crippen LogP contribution >= 0.6 is 0 Å². The number of aromatic nitrogens is 2. The minimum absolute atomic E-state index is 0.0238. The lowest BCUT2D eigenvalue weighted by Crippen LogP contribution is -2.41. The number of carbonyl (C=O) groups is 1. The van der Waals surface area contributed by atoms with Gasteiger partial charge in [-0.15, -0.1) is 0 Å². The van der Waals surface area contributed by atoms with E-state index in [1.54, 1.807) is 9.58 Å². The molecule has 0 spiro atoms. The van der Waals surface area contributed by atoms with Gasteiger partial charge in [0.15, 0.2) is 0 Å². The van der Waals surface area contributed by atoms with Gasteiger partial charge < -0.3 is 14.7 Å². The summed E-state index contributed by atoms with van der Waals surface area (Å²) in [6, 6.07) is 7.75. The average molecular weight is 357 g/mol. The fourth-order valence-electron chi connectivity index (χ4n) is 3.45. The molecule has 1 aromatic carbocycles. The molecule has 1 aliphatic rings. The molecule has 0 aliphatic carbocycles. The van der Waals surface area contributed by atoms with Gasteiger partial charge in [0.05, 0.1) is 18.7 Å². The van der Waals surface area contributed by atoms with Crippen molar-refractivity contribution < 1.29 is 14.6 Å². The number of ether oxygens (including phenoxy) is 1. The zero-order valence-electron chi connectivity index (χ0n) is 16.0.